The molecule has 0 aliphatic carbocycles. The number of imidazole rings is 1. The van der Waals surface area contributed by atoms with Gasteiger partial charge in [0.2, 0.25) is 5.91 Å². The molecule has 2 N–H and O–H groups in total. The van der Waals surface area contributed by atoms with Gasteiger partial charge in [-0.2, -0.15) is 0 Å². The lowest BCUT2D eigenvalue weighted by Gasteiger charge is -2.16. The van der Waals surface area contributed by atoms with Crippen LogP contribution in [0.4, 0.5) is 0 Å². The van der Waals surface area contributed by atoms with E-state index in [-0.39, 0.29) is 28.9 Å². The van der Waals surface area contributed by atoms with Crippen molar-refractivity contribution in [2.75, 3.05) is 5.75 Å². The van der Waals surface area contributed by atoms with Gasteiger partial charge in [0.1, 0.15) is 0 Å². The predicted molar refractivity (Wildman–Crippen MR) is 89.7 cm³/mol. The van der Waals surface area contributed by atoms with Gasteiger partial charge in [-0.1, -0.05) is 25.6 Å². The smallest absolute Gasteiger partial charge is 0.332 e. The molecule has 126 valence electrons. The fourth-order valence-electron chi connectivity index (χ4n) is 1.97. The number of H-pyrrole nitrogens is 1. The number of nitrogens with one attached hydrogen (secondary N) is 2. The number of rotatable bonds is 5. The zero-order chi connectivity index (χ0) is 17.3. The van der Waals surface area contributed by atoms with Crippen LogP contribution in [0.25, 0.3) is 11.2 Å². The summed E-state index contributed by atoms with van der Waals surface area (Å²) >= 11 is 1.19. The van der Waals surface area contributed by atoms with Gasteiger partial charge < -0.3 is 10.3 Å². The quantitative estimate of drug-likeness (QED) is 0.759. The molecule has 0 aliphatic rings. The van der Waals surface area contributed by atoms with Gasteiger partial charge in [0.15, 0.2) is 16.3 Å². The standard InChI is InChI=1S/C14H21N5O3S/c1-7(2)8(3)15-9(20)6-23-13-16-10-11(17-13)18(4)14(22)19(5)12(10)21/h7-8H,6H2,1-5H3,(H,15,20)(H,16,17)/t8-/m1/s1. The van der Waals surface area contributed by atoms with Crippen molar-refractivity contribution in [3.8, 4) is 0 Å². The summed E-state index contributed by atoms with van der Waals surface area (Å²) in [5.41, 5.74) is -0.320. The third-order valence-electron chi connectivity index (χ3n) is 3.80. The lowest BCUT2D eigenvalue weighted by atomic mass is 10.1. The highest BCUT2D eigenvalue weighted by Gasteiger charge is 2.15. The van der Waals surface area contributed by atoms with Crippen molar-refractivity contribution >= 4 is 28.8 Å². The molecular formula is C14H21N5O3S. The Balaban J connectivity index is 2.18. The Bertz CT molecular complexity index is 848. The number of carbonyl (C=O) groups excluding carboxylic acids is 1. The largest absolute Gasteiger partial charge is 0.353 e. The summed E-state index contributed by atoms with van der Waals surface area (Å²) in [5.74, 6) is 0.441. The number of hydrogen-bond donors (Lipinski definition) is 2. The molecule has 1 amide bonds. The second kappa shape index (κ2) is 6.61. The SMILES string of the molecule is CC(C)[C@@H](C)NC(=O)CSc1nc2c([nH]1)c(=O)n(C)c(=O)n2C. The zero-order valence-corrected chi connectivity index (χ0v) is 14.7. The third-order valence-corrected chi connectivity index (χ3v) is 4.68. The maximum atomic E-state index is 12.1. The molecule has 0 aliphatic heterocycles. The Hall–Kier alpha value is -2.03. The Labute approximate surface area is 137 Å². The molecular weight excluding hydrogens is 318 g/mol. The van der Waals surface area contributed by atoms with Gasteiger partial charge in [0.25, 0.3) is 5.56 Å². The summed E-state index contributed by atoms with van der Waals surface area (Å²) < 4.78 is 2.32. The van der Waals surface area contributed by atoms with E-state index in [4.69, 9.17) is 0 Å². The number of aryl methyl sites for hydroxylation is 1. The van der Waals surface area contributed by atoms with E-state index in [1.165, 1.54) is 23.4 Å². The predicted octanol–water partition coefficient (Wildman–Crippen LogP) is 0.213. The highest BCUT2D eigenvalue weighted by Crippen LogP contribution is 2.16. The lowest BCUT2D eigenvalue weighted by Crippen LogP contribution is -2.37. The minimum Gasteiger partial charge on any atom is -0.353 e. The molecule has 0 saturated heterocycles. The van der Waals surface area contributed by atoms with Crippen molar-refractivity contribution < 1.29 is 4.79 Å². The van der Waals surface area contributed by atoms with Crippen molar-refractivity contribution in [3.63, 3.8) is 0 Å². The maximum absolute atomic E-state index is 12.1. The molecule has 9 heteroatoms. The first-order valence-electron chi connectivity index (χ1n) is 7.30. The minimum atomic E-state index is -0.436. The first-order valence-corrected chi connectivity index (χ1v) is 8.28. The van der Waals surface area contributed by atoms with Gasteiger partial charge in [0, 0.05) is 20.1 Å². The Morgan fingerprint density at radius 1 is 1.26 bits per heavy atom. The molecule has 0 aromatic carbocycles. The van der Waals surface area contributed by atoms with E-state index in [1.807, 2.05) is 20.8 Å². The van der Waals surface area contributed by atoms with Crippen molar-refractivity contribution in [1.82, 2.24) is 24.4 Å². The van der Waals surface area contributed by atoms with Gasteiger partial charge in [-0.05, 0) is 12.8 Å². The molecule has 0 radical (unpaired) electrons. The molecule has 0 bridgehead atoms. The number of carbonyl (C=O) groups is 1. The number of thioether (sulfide) groups is 1. The van der Waals surface area contributed by atoms with Crippen LogP contribution in [-0.4, -0.2) is 36.8 Å². The average Bonchev–Trinajstić information content (AvgIpc) is 2.93. The number of fused-ring (bicyclic) bond motifs is 1. The van der Waals surface area contributed by atoms with Gasteiger partial charge in [-0.3, -0.25) is 18.7 Å². The van der Waals surface area contributed by atoms with E-state index in [1.54, 1.807) is 7.05 Å². The van der Waals surface area contributed by atoms with Gasteiger partial charge >= 0.3 is 5.69 Å². The summed E-state index contributed by atoms with van der Waals surface area (Å²) in [7, 11) is 2.97. The number of aromatic nitrogens is 4. The first-order chi connectivity index (χ1) is 10.7. The fourth-order valence-corrected chi connectivity index (χ4v) is 2.65. The lowest BCUT2D eigenvalue weighted by molar-refractivity contribution is -0.119. The average molecular weight is 339 g/mol. The molecule has 2 rings (SSSR count). The zero-order valence-electron chi connectivity index (χ0n) is 13.8. The molecule has 0 fully saturated rings. The van der Waals surface area contributed by atoms with E-state index in [9.17, 15) is 14.4 Å². The fraction of sp³-hybridized carbons (Fsp3) is 0.571. The van der Waals surface area contributed by atoms with Crippen LogP contribution in [-0.2, 0) is 18.9 Å². The van der Waals surface area contributed by atoms with Crippen LogP contribution < -0.4 is 16.6 Å². The third kappa shape index (κ3) is 3.49. The Morgan fingerprint density at radius 3 is 2.52 bits per heavy atom. The number of amides is 1. The second-order valence-corrected chi connectivity index (χ2v) is 6.80. The summed E-state index contributed by atoms with van der Waals surface area (Å²) in [4.78, 5) is 42.9. The molecule has 2 aromatic heterocycles. The van der Waals surface area contributed by atoms with Gasteiger partial charge in [-0.15, -0.1) is 0 Å². The van der Waals surface area contributed by atoms with Crippen LogP contribution in [0, 0.1) is 5.92 Å². The van der Waals surface area contributed by atoms with Crippen LogP contribution in [0.1, 0.15) is 20.8 Å². The van der Waals surface area contributed by atoms with Crippen molar-refractivity contribution in [2.24, 2.45) is 20.0 Å². The minimum absolute atomic E-state index is 0.0897. The summed E-state index contributed by atoms with van der Waals surface area (Å²) in [6.45, 7) is 6.02. The monoisotopic (exact) mass is 339 g/mol. The molecule has 2 aromatic rings. The second-order valence-electron chi connectivity index (χ2n) is 5.84. The molecule has 1 atom stereocenters. The van der Waals surface area contributed by atoms with E-state index in [2.05, 4.69) is 15.3 Å². The van der Waals surface area contributed by atoms with E-state index < -0.39 is 11.2 Å². The van der Waals surface area contributed by atoms with Gasteiger partial charge in [0.05, 0.1) is 5.75 Å². The van der Waals surface area contributed by atoms with E-state index in [0.29, 0.717) is 11.1 Å². The molecule has 8 nitrogen and oxygen atoms in total. The normalized spacial score (nSPS) is 12.8. The number of hydrogen-bond acceptors (Lipinski definition) is 5. The van der Waals surface area contributed by atoms with Crippen LogP contribution in [0.3, 0.4) is 0 Å². The van der Waals surface area contributed by atoms with Crippen molar-refractivity contribution in [1.29, 1.82) is 0 Å². The highest BCUT2D eigenvalue weighted by molar-refractivity contribution is 7.99. The molecule has 2 heterocycles. The topological polar surface area (TPSA) is 102 Å². The van der Waals surface area contributed by atoms with Crippen LogP contribution >= 0.6 is 11.8 Å². The van der Waals surface area contributed by atoms with Crippen molar-refractivity contribution in [3.05, 3.63) is 20.8 Å². The van der Waals surface area contributed by atoms with E-state index in [0.717, 1.165) is 4.57 Å². The highest BCUT2D eigenvalue weighted by atomic mass is 32.2. The first kappa shape index (κ1) is 17.3. The number of nitrogens with zero attached hydrogens (tertiary/aromatic N) is 3. The summed E-state index contributed by atoms with van der Waals surface area (Å²) in [6, 6.07) is 0.0897. The molecule has 0 spiro atoms. The van der Waals surface area contributed by atoms with E-state index >= 15 is 0 Å². The van der Waals surface area contributed by atoms with Crippen LogP contribution in [0.5, 0.6) is 0 Å². The van der Waals surface area contributed by atoms with Crippen molar-refractivity contribution in [2.45, 2.75) is 32.0 Å². The summed E-state index contributed by atoms with van der Waals surface area (Å²) in [6.07, 6.45) is 0. The van der Waals surface area contributed by atoms with Gasteiger partial charge in [-0.25, -0.2) is 9.78 Å². The number of aromatic amines is 1. The molecule has 0 saturated carbocycles. The van der Waals surface area contributed by atoms with Crippen LogP contribution in [0.2, 0.25) is 0 Å². The maximum Gasteiger partial charge on any atom is 0.332 e. The Morgan fingerprint density at radius 2 is 1.91 bits per heavy atom. The summed E-state index contributed by atoms with van der Waals surface area (Å²) in [5, 5.41) is 3.34. The Kier molecular flexibility index (Phi) is 4.98. The molecule has 0 unspecified atom stereocenters. The molecule has 23 heavy (non-hydrogen) atoms. The van der Waals surface area contributed by atoms with Crippen LogP contribution in [0.15, 0.2) is 14.7 Å².